The van der Waals surface area contributed by atoms with Gasteiger partial charge in [0.2, 0.25) is 0 Å². The smallest absolute Gasteiger partial charge is 0.324 e. The van der Waals surface area contributed by atoms with Crippen molar-refractivity contribution in [1.82, 2.24) is 14.7 Å². The predicted molar refractivity (Wildman–Crippen MR) is 75.4 cm³/mol. The summed E-state index contributed by atoms with van der Waals surface area (Å²) in [6, 6.07) is 0. The first-order chi connectivity index (χ1) is 9.08. The summed E-state index contributed by atoms with van der Waals surface area (Å²) in [5.74, 6) is -0.616. The minimum absolute atomic E-state index is 0.616. The molecule has 0 aromatic carbocycles. The molecule has 2 rings (SSSR count). The van der Waals surface area contributed by atoms with Crippen LogP contribution in [0.1, 0.15) is 26.2 Å². The highest BCUT2D eigenvalue weighted by atomic mass is 16.4. The SMILES string of the molecule is CCN1CCCC(C(=O)O)(N2CCN(C)CC2)CC1. The summed E-state index contributed by atoms with van der Waals surface area (Å²) in [5, 5.41) is 9.82. The third-order valence-electron chi connectivity index (χ3n) is 4.86. The summed E-state index contributed by atoms with van der Waals surface area (Å²) in [6.45, 7) is 8.86. The van der Waals surface area contributed by atoms with E-state index in [4.69, 9.17) is 0 Å². The topological polar surface area (TPSA) is 47.0 Å². The number of aliphatic carboxylic acids is 1. The molecular weight excluding hydrogens is 242 g/mol. The van der Waals surface area contributed by atoms with Crippen LogP contribution in [-0.4, -0.2) is 84.2 Å². The van der Waals surface area contributed by atoms with Gasteiger partial charge in [-0.05, 0) is 39.4 Å². The number of nitrogens with zero attached hydrogens (tertiary/aromatic N) is 3. The van der Waals surface area contributed by atoms with Gasteiger partial charge >= 0.3 is 5.97 Å². The fraction of sp³-hybridized carbons (Fsp3) is 0.929. The van der Waals surface area contributed by atoms with Gasteiger partial charge in [0.25, 0.3) is 0 Å². The van der Waals surface area contributed by atoms with Crippen LogP contribution in [0.3, 0.4) is 0 Å². The lowest BCUT2D eigenvalue weighted by Gasteiger charge is -2.44. The van der Waals surface area contributed by atoms with Crippen LogP contribution in [0.2, 0.25) is 0 Å². The van der Waals surface area contributed by atoms with Gasteiger partial charge in [-0.2, -0.15) is 0 Å². The van der Waals surface area contributed by atoms with E-state index in [2.05, 4.69) is 28.7 Å². The second-order valence-electron chi connectivity index (χ2n) is 5.91. The quantitative estimate of drug-likeness (QED) is 0.811. The molecule has 0 spiro atoms. The van der Waals surface area contributed by atoms with Crippen molar-refractivity contribution in [2.45, 2.75) is 31.7 Å². The van der Waals surface area contributed by atoms with Crippen LogP contribution >= 0.6 is 0 Å². The Morgan fingerprint density at radius 1 is 1.11 bits per heavy atom. The van der Waals surface area contributed by atoms with Crippen LogP contribution in [0, 0.1) is 0 Å². The first kappa shape index (κ1) is 14.8. The lowest BCUT2D eigenvalue weighted by Crippen LogP contribution is -2.60. The van der Waals surface area contributed by atoms with Crippen molar-refractivity contribution in [2.75, 3.05) is 52.9 Å². The van der Waals surface area contributed by atoms with Gasteiger partial charge in [0, 0.05) is 32.7 Å². The van der Waals surface area contributed by atoms with Crippen molar-refractivity contribution in [1.29, 1.82) is 0 Å². The van der Waals surface area contributed by atoms with Crippen molar-refractivity contribution in [3.05, 3.63) is 0 Å². The maximum Gasteiger partial charge on any atom is 0.324 e. The van der Waals surface area contributed by atoms with E-state index < -0.39 is 11.5 Å². The molecule has 2 aliphatic rings. The number of carboxylic acid groups (broad SMARTS) is 1. The largest absolute Gasteiger partial charge is 0.480 e. The molecule has 0 aromatic heterocycles. The van der Waals surface area contributed by atoms with E-state index >= 15 is 0 Å². The molecule has 0 aromatic rings. The number of likely N-dealkylation sites (N-methyl/N-ethyl adjacent to an activating group) is 1. The molecule has 0 bridgehead atoms. The Kier molecular flexibility index (Phi) is 4.81. The van der Waals surface area contributed by atoms with E-state index in [9.17, 15) is 9.90 Å². The van der Waals surface area contributed by atoms with Gasteiger partial charge in [-0.3, -0.25) is 9.69 Å². The van der Waals surface area contributed by atoms with E-state index in [1.807, 2.05) is 0 Å². The Morgan fingerprint density at radius 2 is 1.79 bits per heavy atom. The lowest BCUT2D eigenvalue weighted by molar-refractivity contribution is -0.154. The average Bonchev–Trinajstić information content (AvgIpc) is 2.62. The summed E-state index contributed by atoms with van der Waals surface area (Å²) in [6.07, 6.45) is 2.55. The fourth-order valence-electron chi connectivity index (χ4n) is 3.39. The zero-order valence-corrected chi connectivity index (χ0v) is 12.3. The normalized spacial score (nSPS) is 32.1. The number of piperazine rings is 1. The van der Waals surface area contributed by atoms with Gasteiger partial charge in [0.05, 0.1) is 0 Å². The van der Waals surface area contributed by atoms with Gasteiger partial charge in [0.1, 0.15) is 5.54 Å². The zero-order valence-electron chi connectivity index (χ0n) is 12.3. The number of carboxylic acids is 1. The molecule has 5 nitrogen and oxygen atoms in total. The number of likely N-dealkylation sites (tertiary alicyclic amines) is 1. The molecule has 1 atom stereocenters. The van der Waals surface area contributed by atoms with Crippen LogP contribution < -0.4 is 0 Å². The summed E-state index contributed by atoms with van der Waals surface area (Å²) in [4.78, 5) is 18.8. The van der Waals surface area contributed by atoms with E-state index in [0.717, 1.165) is 65.1 Å². The molecule has 0 amide bonds. The standard InChI is InChI=1S/C14H27N3O2/c1-3-16-7-4-5-14(6-8-16,13(18)19)17-11-9-15(2)10-12-17/h3-12H2,1-2H3,(H,18,19). The van der Waals surface area contributed by atoms with Crippen LogP contribution in [0.25, 0.3) is 0 Å². The van der Waals surface area contributed by atoms with E-state index in [0.29, 0.717) is 0 Å². The number of hydrogen-bond donors (Lipinski definition) is 1. The first-order valence-electron chi connectivity index (χ1n) is 7.48. The maximum atomic E-state index is 11.9. The van der Waals surface area contributed by atoms with Crippen LogP contribution in [0.4, 0.5) is 0 Å². The molecule has 2 heterocycles. The monoisotopic (exact) mass is 269 g/mol. The zero-order chi connectivity index (χ0) is 13.9. The molecule has 2 saturated heterocycles. The molecule has 0 aliphatic carbocycles. The first-order valence-corrected chi connectivity index (χ1v) is 7.48. The molecule has 19 heavy (non-hydrogen) atoms. The molecule has 1 N–H and O–H groups in total. The van der Waals surface area contributed by atoms with Crippen molar-refractivity contribution in [3.63, 3.8) is 0 Å². The highest BCUT2D eigenvalue weighted by Crippen LogP contribution is 2.30. The molecular formula is C14H27N3O2. The molecule has 2 aliphatic heterocycles. The lowest BCUT2D eigenvalue weighted by atomic mass is 9.87. The molecule has 0 radical (unpaired) electrons. The van der Waals surface area contributed by atoms with Crippen molar-refractivity contribution < 1.29 is 9.90 Å². The summed E-state index contributed by atoms with van der Waals surface area (Å²) >= 11 is 0. The molecule has 5 heteroatoms. The second kappa shape index (κ2) is 6.20. The highest BCUT2D eigenvalue weighted by Gasteiger charge is 2.45. The Labute approximate surface area is 116 Å². The number of carbonyl (C=O) groups is 1. The van der Waals surface area contributed by atoms with Crippen LogP contribution in [0.5, 0.6) is 0 Å². The summed E-state index contributed by atoms with van der Waals surface area (Å²) in [5.41, 5.74) is -0.620. The van der Waals surface area contributed by atoms with E-state index in [1.165, 1.54) is 0 Å². The van der Waals surface area contributed by atoms with Gasteiger partial charge < -0.3 is 14.9 Å². The third-order valence-corrected chi connectivity index (χ3v) is 4.86. The Balaban J connectivity index is 2.11. The van der Waals surface area contributed by atoms with Crippen molar-refractivity contribution >= 4 is 5.97 Å². The van der Waals surface area contributed by atoms with Crippen LogP contribution in [-0.2, 0) is 4.79 Å². The fourth-order valence-corrected chi connectivity index (χ4v) is 3.39. The summed E-state index contributed by atoms with van der Waals surface area (Å²) < 4.78 is 0. The number of hydrogen-bond acceptors (Lipinski definition) is 4. The van der Waals surface area contributed by atoms with Gasteiger partial charge in [-0.1, -0.05) is 6.92 Å². The molecule has 110 valence electrons. The average molecular weight is 269 g/mol. The predicted octanol–water partition coefficient (Wildman–Crippen LogP) is 0.563. The minimum atomic E-state index is -0.620. The molecule has 0 saturated carbocycles. The van der Waals surface area contributed by atoms with Crippen LogP contribution in [0.15, 0.2) is 0 Å². The summed E-state index contributed by atoms with van der Waals surface area (Å²) in [7, 11) is 2.11. The van der Waals surface area contributed by atoms with Crippen molar-refractivity contribution in [3.8, 4) is 0 Å². The number of rotatable bonds is 3. The maximum absolute atomic E-state index is 11.9. The van der Waals surface area contributed by atoms with E-state index in [1.54, 1.807) is 0 Å². The van der Waals surface area contributed by atoms with Gasteiger partial charge in [-0.15, -0.1) is 0 Å². The van der Waals surface area contributed by atoms with Crippen molar-refractivity contribution in [2.24, 2.45) is 0 Å². The highest BCUT2D eigenvalue weighted by molar-refractivity contribution is 5.79. The second-order valence-corrected chi connectivity index (χ2v) is 5.91. The van der Waals surface area contributed by atoms with E-state index in [-0.39, 0.29) is 0 Å². The molecule has 1 unspecified atom stereocenters. The minimum Gasteiger partial charge on any atom is -0.480 e. The third kappa shape index (κ3) is 3.09. The Morgan fingerprint density at radius 3 is 2.37 bits per heavy atom. The Hall–Kier alpha value is -0.650. The molecule has 2 fully saturated rings. The van der Waals surface area contributed by atoms with Gasteiger partial charge in [0.15, 0.2) is 0 Å². The van der Waals surface area contributed by atoms with Gasteiger partial charge in [-0.25, -0.2) is 0 Å². The Bertz CT molecular complexity index is 316.